The number of ether oxygens (including phenoxy) is 3. The summed E-state index contributed by atoms with van der Waals surface area (Å²) >= 11 is 6.30. The van der Waals surface area contributed by atoms with Crippen molar-refractivity contribution in [2.24, 2.45) is 11.7 Å². The average Bonchev–Trinajstić information content (AvgIpc) is 2.90. The van der Waals surface area contributed by atoms with Gasteiger partial charge < -0.3 is 19.9 Å². The number of fused-ring (bicyclic) bond motifs is 1. The zero-order valence-corrected chi connectivity index (χ0v) is 14.4. The van der Waals surface area contributed by atoms with Crippen molar-refractivity contribution in [3.05, 3.63) is 22.2 Å². The lowest BCUT2D eigenvalue weighted by molar-refractivity contribution is -0.120. The van der Waals surface area contributed by atoms with E-state index in [9.17, 15) is 4.79 Å². The lowest BCUT2D eigenvalue weighted by atomic mass is 9.81. The number of esters is 1. The molecule has 0 saturated heterocycles. The van der Waals surface area contributed by atoms with E-state index in [1.54, 1.807) is 6.07 Å². The van der Waals surface area contributed by atoms with E-state index in [2.05, 4.69) is 0 Å². The molecule has 0 aromatic heterocycles. The molecule has 5 nitrogen and oxygen atoms in total. The summed E-state index contributed by atoms with van der Waals surface area (Å²) < 4.78 is 17.1. The Bertz CT molecular complexity index is 640. The van der Waals surface area contributed by atoms with Crippen molar-refractivity contribution in [1.82, 2.24) is 0 Å². The summed E-state index contributed by atoms with van der Waals surface area (Å²) in [4.78, 5) is 11.9. The molecule has 0 radical (unpaired) electrons. The van der Waals surface area contributed by atoms with E-state index in [1.165, 1.54) is 7.11 Å². The van der Waals surface area contributed by atoms with Crippen molar-refractivity contribution >= 4 is 17.6 Å². The molecule has 3 rings (SSSR count). The fraction of sp³-hybridized carbons (Fsp3) is 0.588. The van der Waals surface area contributed by atoms with Crippen LogP contribution in [0, 0.1) is 12.8 Å². The molecule has 1 heterocycles. The molecule has 0 spiro atoms. The van der Waals surface area contributed by atoms with Crippen molar-refractivity contribution in [1.29, 1.82) is 0 Å². The van der Waals surface area contributed by atoms with E-state index >= 15 is 0 Å². The smallest absolute Gasteiger partial charge is 0.338 e. The van der Waals surface area contributed by atoms with Gasteiger partial charge in [0, 0.05) is 24.4 Å². The summed E-state index contributed by atoms with van der Waals surface area (Å²) in [5.41, 5.74) is 7.07. The SMILES string of the molecule is COC(=O)c1cc(Cl)c2c(c1C)OC(C)(C1CCC(N)CC1)O2. The first-order chi connectivity index (χ1) is 10.9. The normalized spacial score (nSPS) is 29.4. The molecule has 1 aliphatic carbocycles. The van der Waals surface area contributed by atoms with Gasteiger partial charge in [0.1, 0.15) is 0 Å². The largest absolute Gasteiger partial charge is 0.465 e. The summed E-state index contributed by atoms with van der Waals surface area (Å²) in [5.74, 6) is 0.0790. The molecule has 1 fully saturated rings. The highest BCUT2D eigenvalue weighted by atomic mass is 35.5. The number of halogens is 1. The minimum absolute atomic E-state index is 0.242. The van der Waals surface area contributed by atoms with Gasteiger partial charge in [0.05, 0.1) is 17.7 Å². The summed E-state index contributed by atoms with van der Waals surface area (Å²) in [7, 11) is 1.34. The van der Waals surface area contributed by atoms with E-state index < -0.39 is 11.8 Å². The van der Waals surface area contributed by atoms with Crippen molar-refractivity contribution < 1.29 is 19.0 Å². The van der Waals surface area contributed by atoms with E-state index in [0.717, 1.165) is 25.7 Å². The van der Waals surface area contributed by atoms with Crippen molar-refractivity contribution in [2.45, 2.75) is 51.4 Å². The Labute approximate surface area is 141 Å². The number of methoxy groups -OCH3 is 1. The number of carbonyl (C=O) groups excluding carboxylic acids is 1. The third-order valence-electron chi connectivity index (χ3n) is 4.97. The molecule has 2 aliphatic rings. The van der Waals surface area contributed by atoms with Gasteiger partial charge in [-0.2, -0.15) is 0 Å². The van der Waals surface area contributed by atoms with Crippen LogP contribution >= 0.6 is 11.6 Å². The highest BCUT2D eigenvalue weighted by Gasteiger charge is 2.47. The minimum Gasteiger partial charge on any atom is -0.465 e. The van der Waals surface area contributed by atoms with Crippen LogP contribution in [0.15, 0.2) is 6.07 Å². The first kappa shape index (κ1) is 16.4. The van der Waals surface area contributed by atoms with Crippen LogP contribution in [0.3, 0.4) is 0 Å². The molecule has 1 aromatic carbocycles. The average molecular weight is 340 g/mol. The summed E-state index contributed by atoms with van der Waals surface area (Å²) in [6, 6.07) is 1.84. The van der Waals surface area contributed by atoms with Crippen LogP contribution in [0.5, 0.6) is 11.5 Å². The monoisotopic (exact) mass is 339 g/mol. The second-order valence-corrected chi connectivity index (χ2v) is 6.92. The second-order valence-electron chi connectivity index (χ2n) is 6.51. The number of benzene rings is 1. The maximum absolute atomic E-state index is 11.9. The fourth-order valence-electron chi connectivity index (χ4n) is 3.48. The van der Waals surface area contributed by atoms with Crippen molar-refractivity contribution in [3.8, 4) is 11.5 Å². The van der Waals surface area contributed by atoms with Gasteiger partial charge in [-0.25, -0.2) is 4.79 Å². The third-order valence-corrected chi connectivity index (χ3v) is 5.25. The van der Waals surface area contributed by atoms with Crippen LogP contribution in [0.2, 0.25) is 5.02 Å². The molecule has 1 saturated carbocycles. The Hall–Kier alpha value is -1.46. The molecular formula is C17H22ClNO4. The quantitative estimate of drug-likeness (QED) is 0.836. The van der Waals surface area contributed by atoms with Gasteiger partial charge in [-0.15, -0.1) is 0 Å². The molecule has 23 heavy (non-hydrogen) atoms. The van der Waals surface area contributed by atoms with E-state index in [4.69, 9.17) is 31.5 Å². The van der Waals surface area contributed by atoms with Crippen LogP contribution in [0.4, 0.5) is 0 Å². The van der Waals surface area contributed by atoms with Crippen LogP contribution in [0.25, 0.3) is 0 Å². The predicted molar refractivity (Wildman–Crippen MR) is 87.1 cm³/mol. The van der Waals surface area contributed by atoms with Gasteiger partial charge in [-0.05, 0) is 38.7 Å². The predicted octanol–water partition coefficient (Wildman–Crippen LogP) is 3.44. The Balaban J connectivity index is 1.92. The molecule has 126 valence electrons. The number of carbonyl (C=O) groups is 1. The Morgan fingerprint density at radius 1 is 1.30 bits per heavy atom. The first-order valence-electron chi connectivity index (χ1n) is 7.90. The zero-order chi connectivity index (χ0) is 16.8. The highest BCUT2D eigenvalue weighted by molar-refractivity contribution is 6.32. The molecule has 2 N–H and O–H groups in total. The van der Waals surface area contributed by atoms with Gasteiger partial charge >= 0.3 is 5.97 Å². The van der Waals surface area contributed by atoms with Crippen molar-refractivity contribution in [2.75, 3.05) is 7.11 Å². The number of rotatable bonds is 2. The summed E-state index contributed by atoms with van der Waals surface area (Å²) in [6.07, 6.45) is 3.82. The standard InChI is InChI=1S/C17H22ClNO4/c1-9-12(16(20)21-3)8-13(18)15-14(9)22-17(2,23-15)10-4-6-11(19)7-5-10/h8,10-11H,4-7,19H2,1-3H3. The van der Waals surface area contributed by atoms with E-state index in [-0.39, 0.29) is 12.0 Å². The Morgan fingerprint density at radius 2 is 1.91 bits per heavy atom. The zero-order valence-electron chi connectivity index (χ0n) is 13.6. The maximum atomic E-state index is 11.9. The van der Waals surface area contributed by atoms with Gasteiger partial charge in [0.15, 0.2) is 11.5 Å². The molecule has 1 unspecified atom stereocenters. The number of hydrogen-bond acceptors (Lipinski definition) is 5. The molecule has 1 aromatic rings. The molecular weight excluding hydrogens is 318 g/mol. The maximum Gasteiger partial charge on any atom is 0.338 e. The number of nitrogens with two attached hydrogens (primary N) is 1. The molecule has 1 atom stereocenters. The highest BCUT2D eigenvalue weighted by Crippen LogP contribution is 2.51. The van der Waals surface area contributed by atoms with Crippen LogP contribution < -0.4 is 15.2 Å². The molecule has 0 bridgehead atoms. The van der Waals surface area contributed by atoms with Crippen molar-refractivity contribution in [3.63, 3.8) is 0 Å². The Morgan fingerprint density at radius 3 is 2.52 bits per heavy atom. The van der Waals surface area contributed by atoms with Crippen LogP contribution in [-0.4, -0.2) is 24.9 Å². The molecule has 6 heteroatoms. The molecule has 0 amide bonds. The topological polar surface area (TPSA) is 70.8 Å². The van der Waals surface area contributed by atoms with Gasteiger partial charge in [-0.3, -0.25) is 0 Å². The van der Waals surface area contributed by atoms with Gasteiger partial charge in [0.25, 0.3) is 5.79 Å². The van der Waals surface area contributed by atoms with Crippen LogP contribution in [-0.2, 0) is 4.74 Å². The number of hydrogen-bond donors (Lipinski definition) is 1. The third kappa shape index (κ3) is 2.76. The first-order valence-corrected chi connectivity index (χ1v) is 8.28. The van der Waals surface area contributed by atoms with Gasteiger partial charge in [0.2, 0.25) is 0 Å². The van der Waals surface area contributed by atoms with E-state index in [0.29, 0.717) is 27.6 Å². The fourth-order valence-corrected chi connectivity index (χ4v) is 3.71. The lowest BCUT2D eigenvalue weighted by Gasteiger charge is -2.36. The Kier molecular flexibility index (Phi) is 4.19. The van der Waals surface area contributed by atoms with Crippen LogP contribution in [0.1, 0.15) is 48.5 Å². The minimum atomic E-state index is -0.772. The summed E-state index contributed by atoms with van der Waals surface area (Å²) in [6.45, 7) is 3.75. The molecule has 1 aliphatic heterocycles. The lowest BCUT2D eigenvalue weighted by Crippen LogP contribution is -2.46. The second kappa shape index (κ2) is 5.87. The van der Waals surface area contributed by atoms with E-state index in [1.807, 2.05) is 13.8 Å². The van der Waals surface area contributed by atoms with Gasteiger partial charge in [-0.1, -0.05) is 11.6 Å². The summed E-state index contributed by atoms with van der Waals surface area (Å²) in [5, 5.41) is 0.363.